The van der Waals surface area contributed by atoms with Gasteiger partial charge >= 0.3 is 5.69 Å². The second-order valence-corrected chi connectivity index (χ2v) is 6.78. The third-order valence-electron chi connectivity index (χ3n) is 3.11. The first-order chi connectivity index (χ1) is 12.0. The van der Waals surface area contributed by atoms with Crippen LogP contribution in [0.25, 0.3) is 0 Å². The first-order valence-corrected chi connectivity index (χ1v) is 8.60. The molecule has 0 unspecified atom stereocenters. The van der Waals surface area contributed by atoms with Gasteiger partial charge in [-0.15, -0.1) is 0 Å². The summed E-state index contributed by atoms with van der Waals surface area (Å²) >= 11 is 4.30. The highest BCUT2D eigenvalue weighted by molar-refractivity contribution is 9.10. The molecule has 0 aliphatic carbocycles. The lowest BCUT2D eigenvalue weighted by Gasteiger charge is -2.09. The van der Waals surface area contributed by atoms with Crippen molar-refractivity contribution < 1.29 is 9.31 Å². The molecule has 0 spiro atoms. The van der Waals surface area contributed by atoms with Crippen LogP contribution in [0.2, 0.25) is 0 Å². The Balaban J connectivity index is 1.99. The highest BCUT2D eigenvalue weighted by atomic mass is 79.9. The second kappa shape index (κ2) is 7.58. The van der Waals surface area contributed by atoms with Gasteiger partial charge in [0.1, 0.15) is 12.1 Å². The van der Waals surface area contributed by atoms with E-state index in [1.54, 1.807) is 6.07 Å². The van der Waals surface area contributed by atoms with Gasteiger partial charge in [-0.05, 0) is 30.3 Å². The van der Waals surface area contributed by atoms with E-state index in [4.69, 9.17) is 0 Å². The number of anilines is 2. The normalized spacial score (nSPS) is 10.5. The van der Waals surface area contributed by atoms with Crippen LogP contribution in [-0.4, -0.2) is 14.9 Å². The minimum atomic E-state index is -0.579. The Morgan fingerprint density at radius 3 is 2.60 bits per heavy atom. The van der Waals surface area contributed by atoms with Crippen LogP contribution in [0.5, 0.6) is 0 Å². The van der Waals surface area contributed by atoms with E-state index >= 15 is 0 Å². The molecule has 1 heterocycles. The smallest absolute Gasteiger partial charge is 0.332 e. The van der Waals surface area contributed by atoms with E-state index in [1.165, 1.54) is 18.5 Å². The Labute approximate surface area is 154 Å². The van der Waals surface area contributed by atoms with Gasteiger partial charge in [0.25, 0.3) is 0 Å². The van der Waals surface area contributed by atoms with Gasteiger partial charge in [0.15, 0.2) is 5.03 Å². The lowest BCUT2D eigenvalue weighted by Crippen LogP contribution is -2.03. The van der Waals surface area contributed by atoms with E-state index in [0.717, 1.165) is 16.7 Å². The minimum absolute atomic E-state index is 0.0698. The van der Waals surface area contributed by atoms with Gasteiger partial charge in [0.2, 0.25) is 5.82 Å². The topological polar surface area (TPSA) is 81.0 Å². The molecule has 9 heteroatoms. The standard InChI is InChI=1S/C16H10BrFN4O2S/c17-10-6-7-13(12(18)8-10)21-15-14(22(23)24)16(20-9-19-15)25-11-4-2-1-3-5-11/h1-9H,(H,19,20,21). The molecular formula is C16H10BrFN4O2S. The van der Waals surface area contributed by atoms with Gasteiger partial charge in [-0.2, -0.15) is 0 Å². The molecule has 0 radical (unpaired) electrons. The molecule has 0 saturated heterocycles. The third kappa shape index (κ3) is 4.12. The molecule has 1 N–H and O–H groups in total. The average molecular weight is 421 g/mol. The van der Waals surface area contributed by atoms with Gasteiger partial charge in [-0.1, -0.05) is 45.9 Å². The highest BCUT2D eigenvalue weighted by Crippen LogP contribution is 2.37. The van der Waals surface area contributed by atoms with Crippen LogP contribution in [0.15, 0.2) is 69.3 Å². The summed E-state index contributed by atoms with van der Waals surface area (Å²) in [4.78, 5) is 19.7. The number of hydrogen-bond acceptors (Lipinski definition) is 6. The maximum atomic E-state index is 14.0. The molecule has 3 aromatic rings. The minimum Gasteiger partial charge on any atom is -0.332 e. The van der Waals surface area contributed by atoms with Crippen molar-refractivity contribution in [1.29, 1.82) is 0 Å². The third-order valence-corrected chi connectivity index (χ3v) is 4.61. The highest BCUT2D eigenvalue weighted by Gasteiger charge is 2.24. The van der Waals surface area contributed by atoms with Gasteiger partial charge in [0.05, 0.1) is 10.6 Å². The molecule has 0 atom stereocenters. The predicted octanol–water partition coefficient (Wildman–Crippen LogP) is 5.18. The Morgan fingerprint density at radius 1 is 1.16 bits per heavy atom. The summed E-state index contributed by atoms with van der Waals surface area (Å²) in [7, 11) is 0. The summed E-state index contributed by atoms with van der Waals surface area (Å²) in [5.41, 5.74) is -0.223. The van der Waals surface area contributed by atoms with Crippen molar-refractivity contribution >= 4 is 44.9 Å². The lowest BCUT2D eigenvalue weighted by atomic mass is 10.3. The molecule has 0 saturated carbocycles. The van der Waals surface area contributed by atoms with Crippen LogP contribution < -0.4 is 5.32 Å². The Morgan fingerprint density at radius 2 is 1.92 bits per heavy atom. The van der Waals surface area contributed by atoms with Crippen molar-refractivity contribution in [3.8, 4) is 0 Å². The predicted molar refractivity (Wildman–Crippen MR) is 96.6 cm³/mol. The number of hydrogen-bond donors (Lipinski definition) is 1. The van der Waals surface area contributed by atoms with Gasteiger partial charge in [0, 0.05) is 9.37 Å². The summed E-state index contributed by atoms with van der Waals surface area (Å²) < 4.78 is 14.6. The number of benzene rings is 2. The largest absolute Gasteiger partial charge is 0.343 e. The molecule has 1 aromatic heterocycles. The van der Waals surface area contributed by atoms with Crippen LogP contribution in [-0.2, 0) is 0 Å². The fourth-order valence-electron chi connectivity index (χ4n) is 2.01. The monoisotopic (exact) mass is 420 g/mol. The molecule has 0 bridgehead atoms. The van der Waals surface area contributed by atoms with Crippen molar-refractivity contribution in [2.24, 2.45) is 0 Å². The molecule has 0 aliphatic heterocycles. The zero-order valence-corrected chi connectivity index (χ0v) is 14.9. The quantitative estimate of drug-likeness (QED) is 0.347. The van der Waals surface area contributed by atoms with Gasteiger partial charge in [-0.25, -0.2) is 14.4 Å². The van der Waals surface area contributed by atoms with E-state index in [2.05, 4.69) is 31.2 Å². The van der Waals surface area contributed by atoms with Crippen molar-refractivity contribution in [2.75, 3.05) is 5.32 Å². The van der Waals surface area contributed by atoms with Crippen molar-refractivity contribution in [2.45, 2.75) is 9.92 Å². The van der Waals surface area contributed by atoms with E-state index < -0.39 is 10.7 Å². The number of halogens is 2. The molecule has 0 fully saturated rings. The van der Waals surface area contributed by atoms with Crippen LogP contribution in [0.1, 0.15) is 0 Å². The Bertz CT molecular complexity index is 927. The summed E-state index contributed by atoms with van der Waals surface area (Å²) in [5.74, 6) is -0.626. The zero-order chi connectivity index (χ0) is 17.8. The maximum absolute atomic E-state index is 14.0. The first-order valence-electron chi connectivity index (χ1n) is 6.99. The molecule has 25 heavy (non-hydrogen) atoms. The van der Waals surface area contributed by atoms with E-state index in [0.29, 0.717) is 4.47 Å². The first kappa shape index (κ1) is 17.3. The second-order valence-electron chi connectivity index (χ2n) is 4.80. The number of aromatic nitrogens is 2. The number of nitro groups is 1. The summed E-state index contributed by atoms with van der Waals surface area (Å²) in [6, 6.07) is 13.5. The van der Waals surface area contributed by atoms with Crippen molar-refractivity contribution in [3.05, 3.63) is 75.3 Å². The van der Waals surface area contributed by atoms with Gasteiger partial charge in [-0.3, -0.25) is 10.1 Å². The summed E-state index contributed by atoms with van der Waals surface area (Å²) in [6.07, 6.45) is 1.21. The Hall–Kier alpha value is -2.52. The lowest BCUT2D eigenvalue weighted by molar-refractivity contribution is -0.387. The van der Waals surface area contributed by atoms with Gasteiger partial charge < -0.3 is 5.32 Å². The molecular weight excluding hydrogens is 411 g/mol. The summed E-state index contributed by atoms with van der Waals surface area (Å²) in [6.45, 7) is 0. The molecule has 126 valence electrons. The van der Waals surface area contributed by atoms with E-state index in [1.807, 2.05) is 30.3 Å². The van der Waals surface area contributed by atoms with Crippen LogP contribution in [0.3, 0.4) is 0 Å². The van der Waals surface area contributed by atoms with E-state index in [-0.39, 0.29) is 22.2 Å². The summed E-state index contributed by atoms with van der Waals surface area (Å²) in [5, 5.41) is 14.4. The average Bonchev–Trinajstić information content (AvgIpc) is 2.58. The van der Waals surface area contributed by atoms with Crippen LogP contribution in [0, 0.1) is 15.9 Å². The van der Waals surface area contributed by atoms with Crippen molar-refractivity contribution in [3.63, 3.8) is 0 Å². The molecule has 6 nitrogen and oxygen atoms in total. The van der Waals surface area contributed by atoms with Crippen LogP contribution >= 0.6 is 27.7 Å². The zero-order valence-electron chi connectivity index (χ0n) is 12.5. The molecule has 0 amide bonds. The van der Waals surface area contributed by atoms with E-state index in [9.17, 15) is 14.5 Å². The number of nitrogens with one attached hydrogen (secondary N) is 1. The Kier molecular flexibility index (Phi) is 5.25. The molecule has 2 aromatic carbocycles. The number of rotatable bonds is 5. The molecule has 0 aliphatic rings. The fraction of sp³-hybridized carbons (Fsp3) is 0. The molecule has 3 rings (SSSR count). The number of nitrogens with zero attached hydrogens (tertiary/aromatic N) is 3. The van der Waals surface area contributed by atoms with Crippen LogP contribution in [0.4, 0.5) is 21.6 Å². The fourth-order valence-corrected chi connectivity index (χ4v) is 3.23. The van der Waals surface area contributed by atoms with Crippen molar-refractivity contribution in [1.82, 2.24) is 9.97 Å². The maximum Gasteiger partial charge on any atom is 0.343 e. The SMILES string of the molecule is O=[N+]([O-])c1c(Nc2ccc(Br)cc2F)ncnc1Sc1ccccc1.